The molecule has 0 aromatic heterocycles. The Hall–Kier alpha value is -3.66. The number of fused-ring (bicyclic) bond motifs is 1. The zero-order valence-corrected chi connectivity index (χ0v) is 15.6. The molecule has 0 N–H and O–H groups in total. The van der Waals surface area contributed by atoms with Crippen molar-refractivity contribution in [3.05, 3.63) is 89.7 Å². The molecule has 0 unspecified atom stereocenters. The average Bonchev–Trinajstić information content (AvgIpc) is 3.56. The third kappa shape index (κ3) is 3.57. The molecular weight excluding hydrogens is 364 g/mol. The zero-order chi connectivity index (χ0) is 19.8. The number of ketones is 1. The molecule has 0 amide bonds. The van der Waals surface area contributed by atoms with Crippen molar-refractivity contribution in [2.75, 3.05) is 0 Å². The summed E-state index contributed by atoms with van der Waals surface area (Å²) in [4.78, 5) is 24.5. The van der Waals surface area contributed by atoms with E-state index in [0.29, 0.717) is 17.1 Å². The second-order valence-corrected chi connectivity index (χ2v) is 7.28. The molecule has 0 atom stereocenters. The third-order valence-electron chi connectivity index (χ3n) is 5.09. The molecule has 0 bridgehead atoms. The van der Waals surface area contributed by atoms with Gasteiger partial charge < -0.3 is 9.47 Å². The van der Waals surface area contributed by atoms with E-state index < -0.39 is 0 Å². The number of Topliss-reactive ketones (excluding diaryl/α,β-unsaturated/α-hetero) is 1. The molecule has 3 aromatic carbocycles. The van der Waals surface area contributed by atoms with Gasteiger partial charge in [-0.1, -0.05) is 54.6 Å². The number of allylic oxidation sites excluding steroid dienone is 1. The fraction of sp³-hybridized carbons (Fsp3) is 0.120. The van der Waals surface area contributed by atoms with E-state index >= 15 is 0 Å². The number of carbonyl (C=O) groups is 2. The topological polar surface area (TPSA) is 52.6 Å². The molecule has 0 radical (unpaired) electrons. The van der Waals surface area contributed by atoms with Crippen LogP contribution in [-0.4, -0.2) is 11.8 Å². The highest BCUT2D eigenvalue weighted by atomic mass is 16.5. The number of benzene rings is 3. The van der Waals surface area contributed by atoms with Crippen molar-refractivity contribution in [2.24, 2.45) is 5.92 Å². The molecule has 1 fully saturated rings. The summed E-state index contributed by atoms with van der Waals surface area (Å²) in [6.45, 7) is 0. The first kappa shape index (κ1) is 17.4. The Morgan fingerprint density at radius 3 is 2.38 bits per heavy atom. The van der Waals surface area contributed by atoms with Crippen LogP contribution >= 0.6 is 0 Å². The summed E-state index contributed by atoms with van der Waals surface area (Å²) in [6.07, 6.45) is 3.50. The Kier molecular flexibility index (Phi) is 4.24. The lowest BCUT2D eigenvalue weighted by atomic mass is 10.0. The Balaban J connectivity index is 1.35. The summed E-state index contributed by atoms with van der Waals surface area (Å²) < 4.78 is 11.1. The summed E-state index contributed by atoms with van der Waals surface area (Å²) in [5.74, 6) is 0.708. The number of carbonyl (C=O) groups excluding carboxylic acids is 2. The van der Waals surface area contributed by atoms with E-state index in [2.05, 4.69) is 12.1 Å². The van der Waals surface area contributed by atoms with E-state index in [1.807, 2.05) is 42.5 Å². The fourth-order valence-electron chi connectivity index (χ4n) is 3.30. The van der Waals surface area contributed by atoms with Crippen molar-refractivity contribution in [3.8, 4) is 22.6 Å². The first-order valence-corrected chi connectivity index (χ1v) is 9.63. The summed E-state index contributed by atoms with van der Waals surface area (Å²) in [5, 5.41) is 0. The van der Waals surface area contributed by atoms with Crippen molar-refractivity contribution in [1.82, 2.24) is 0 Å². The first-order valence-electron chi connectivity index (χ1n) is 9.63. The summed E-state index contributed by atoms with van der Waals surface area (Å²) >= 11 is 0. The average molecular weight is 382 g/mol. The van der Waals surface area contributed by atoms with E-state index in [9.17, 15) is 9.59 Å². The van der Waals surface area contributed by atoms with Gasteiger partial charge in [-0.05, 0) is 47.7 Å². The minimum Gasteiger partial charge on any atom is -0.452 e. The number of esters is 1. The van der Waals surface area contributed by atoms with Crippen LogP contribution in [-0.2, 0) is 4.79 Å². The molecular formula is C25H18O4. The molecule has 1 saturated carbocycles. The van der Waals surface area contributed by atoms with Crippen LogP contribution in [0.5, 0.6) is 11.5 Å². The van der Waals surface area contributed by atoms with E-state index in [-0.39, 0.29) is 23.4 Å². The standard InChI is InChI=1S/C25H18O4/c26-24-21-13-12-20(28-25(27)19-10-11-19)15-22(21)29-23(24)14-16-6-8-18(9-7-16)17-4-2-1-3-5-17/h1-9,12-15,19H,10-11H2/b23-14-. The van der Waals surface area contributed by atoms with E-state index in [1.54, 1.807) is 24.3 Å². The summed E-state index contributed by atoms with van der Waals surface area (Å²) in [6, 6.07) is 22.9. The Labute approximate surface area is 168 Å². The van der Waals surface area contributed by atoms with Crippen molar-refractivity contribution >= 4 is 17.8 Å². The normalized spacial score (nSPS) is 16.4. The zero-order valence-electron chi connectivity index (χ0n) is 15.6. The van der Waals surface area contributed by atoms with E-state index in [4.69, 9.17) is 9.47 Å². The van der Waals surface area contributed by atoms with Gasteiger partial charge in [0.05, 0.1) is 11.5 Å². The predicted molar refractivity (Wildman–Crippen MR) is 110 cm³/mol. The van der Waals surface area contributed by atoms with Crippen LogP contribution < -0.4 is 9.47 Å². The molecule has 1 aliphatic carbocycles. The number of ether oxygens (including phenoxy) is 2. The van der Waals surface area contributed by atoms with Crippen LogP contribution in [0.3, 0.4) is 0 Å². The molecule has 4 nitrogen and oxygen atoms in total. The van der Waals surface area contributed by atoms with E-state index in [1.165, 1.54) is 0 Å². The van der Waals surface area contributed by atoms with Crippen LogP contribution in [0.25, 0.3) is 17.2 Å². The maximum Gasteiger partial charge on any atom is 0.314 e. The van der Waals surface area contributed by atoms with Gasteiger partial charge in [0.1, 0.15) is 11.5 Å². The van der Waals surface area contributed by atoms with Gasteiger partial charge in [0, 0.05) is 6.07 Å². The van der Waals surface area contributed by atoms with Crippen LogP contribution in [0.1, 0.15) is 28.8 Å². The first-order chi connectivity index (χ1) is 14.2. The molecule has 5 rings (SSSR count). The second kappa shape index (κ2) is 7.06. The molecule has 4 heteroatoms. The molecule has 0 saturated heterocycles. The molecule has 0 spiro atoms. The van der Waals surface area contributed by atoms with Gasteiger partial charge in [0.2, 0.25) is 5.78 Å². The highest BCUT2D eigenvalue weighted by Crippen LogP contribution is 2.36. The highest BCUT2D eigenvalue weighted by molar-refractivity contribution is 6.14. The predicted octanol–water partition coefficient (Wildman–Crippen LogP) is 5.29. The molecule has 1 heterocycles. The third-order valence-corrected chi connectivity index (χ3v) is 5.09. The van der Waals surface area contributed by atoms with Crippen LogP contribution in [0, 0.1) is 5.92 Å². The van der Waals surface area contributed by atoms with Crippen molar-refractivity contribution < 1.29 is 19.1 Å². The summed E-state index contributed by atoms with van der Waals surface area (Å²) in [7, 11) is 0. The monoisotopic (exact) mass is 382 g/mol. The number of hydrogen-bond acceptors (Lipinski definition) is 4. The summed E-state index contributed by atoms with van der Waals surface area (Å²) in [5.41, 5.74) is 3.60. The van der Waals surface area contributed by atoms with Gasteiger partial charge >= 0.3 is 5.97 Å². The number of rotatable bonds is 4. The highest BCUT2D eigenvalue weighted by Gasteiger charge is 2.32. The maximum atomic E-state index is 12.6. The molecule has 142 valence electrons. The molecule has 3 aromatic rings. The number of hydrogen-bond donors (Lipinski definition) is 0. The molecule has 29 heavy (non-hydrogen) atoms. The fourth-order valence-corrected chi connectivity index (χ4v) is 3.30. The van der Waals surface area contributed by atoms with E-state index in [0.717, 1.165) is 29.5 Å². The Morgan fingerprint density at radius 2 is 1.66 bits per heavy atom. The smallest absolute Gasteiger partial charge is 0.314 e. The van der Waals surface area contributed by atoms with Crippen molar-refractivity contribution in [1.29, 1.82) is 0 Å². The lowest BCUT2D eigenvalue weighted by molar-refractivity contribution is -0.135. The second-order valence-electron chi connectivity index (χ2n) is 7.28. The molecule has 1 aliphatic heterocycles. The van der Waals surface area contributed by atoms with Crippen molar-refractivity contribution in [2.45, 2.75) is 12.8 Å². The van der Waals surface area contributed by atoms with Gasteiger partial charge in [-0.2, -0.15) is 0 Å². The van der Waals surface area contributed by atoms with Crippen LogP contribution in [0.4, 0.5) is 0 Å². The minimum atomic E-state index is -0.219. The SMILES string of the molecule is O=C1/C(=C/c2ccc(-c3ccccc3)cc2)Oc2cc(OC(=O)C3CC3)ccc21. The van der Waals surface area contributed by atoms with Crippen LogP contribution in [0.2, 0.25) is 0 Å². The van der Waals surface area contributed by atoms with Gasteiger partial charge in [-0.25, -0.2) is 0 Å². The Bertz CT molecular complexity index is 1120. The van der Waals surface area contributed by atoms with Crippen molar-refractivity contribution in [3.63, 3.8) is 0 Å². The lowest BCUT2D eigenvalue weighted by Crippen LogP contribution is -2.09. The van der Waals surface area contributed by atoms with Gasteiger partial charge in [-0.3, -0.25) is 9.59 Å². The quantitative estimate of drug-likeness (QED) is 0.350. The largest absolute Gasteiger partial charge is 0.452 e. The maximum absolute atomic E-state index is 12.6. The molecule has 2 aliphatic rings. The Morgan fingerprint density at radius 1 is 0.931 bits per heavy atom. The lowest BCUT2D eigenvalue weighted by Gasteiger charge is -2.04. The van der Waals surface area contributed by atoms with Gasteiger partial charge in [0.15, 0.2) is 5.76 Å². The van der Waals surface area contributed by atoms with Gasteiger partial charge in [0.25, 0.3) is 0 Å². The van der Waals surface area contributed by atoms with Crippen LogP contribution in [0.15, 0.2) is 78.6 Å². The minimum absolute atomic E-state index is 0.0140. The van der Waals surface area contributed by atoms with Gasteiger partial charge in [-0.15, -0.1) is 0 Å².